The molecule has 3 nitrogen and oxygen atoms in total. The number of thiazole rings is 1. The van der Waals surface area contributed by atoms with Crippen molar-refractivity contribution in [1.82, 2.24) is 9.88 Å². The molecule has 1 heterocycles. The highest BCUT2D eigenvalue weighted by molar-refractivity contribution is 7.14. The molecule has 0 aliphatic heterocycles. The van der Waals surface area contributed by atoms with Gasteiger partial charge in [0, 0.05) is 18.5 Å². The summed E-state index contributed by atoms with van der Waals surface area (Å²) in [4.78, 5) is 19.8. The SMILES string of the molecule is CCC(CC)N(C)C(=O)c1sc(C(C)(C)C)nc1C. The first-order valence-electron chi connectivity index (χ1n) is 6.97. The van der Waals surface area contributed by atoms with Crippen molar-refractivity contribution in [3.8, 4) is 0 Å². The fourth-order valence-corrected chi connectivity index (χ4v) is 3.18. The van der Waals surface area contributed by atoms with Gasteiger partial charge in [-0.2, -0.15) is 0 Å². The quantitative estimate of drug-likeness (QED) is 0.836. The van der Waals surface area contributed by atoms with Gasteiger partial charge < -0.3 is 4.90 Å². The van der Waals surface area contributed by atoms with Gasteiger partial charge in [0.05, 0.1) is 10.7 Å². The van der Waals surface area contributed by atoms with Crippen LogP contribution in [0.15, 0.2) is 0 Å². The standard InChI is InChI=1S/C15H26N2OS/c1-8-11(9-2)17(7)13(18)12-10(3)16-14(19-12)15(4,5)6/h11H,8-9H2,1-7H3. The summed E-state index contributed by atoms with van der Waals surface area (Å²) in [6.45, 7) is 12.6. The van der Waals surface area contributed by atoms with Crippen LogP contribution in [0.25, 0.3) is 0 Å². The van der Waals surface area contributed by atoms with E-state index in [1.54, 1.807) is 0 Å². The molecule has 0 unspecified atom stereocenters. The molecule has 0 atom stereocenters. The van der Waals surface area contributed by atoms with Gasteiger partial charge in [-0.3, -0.25) is 4.79 Å². The zero-order valence-electron chi connectivity index (χ0n) is 13.2. The highest BCUT2D eigenvalue weighted by Gasteiger charge is 2.26. The van der Waals surface area contributed by atoms with Gasteiger partial charge in [-0.1, -0.05) is 34.6 Å². The molecule has 1 aromatic heterocycles. The van der Waals surface area contributed by atoms with Gasteiger partial charge in [-0.15, -0.1) is 11.3 Å². The number of hydrogen-bond acceptors (Lipinski definition) is 3. The first-order chi connectivity index (χ1) is 8.72. The summed E-state index contributed by atoms with van der Waals surface area (Å²) in [5.74, 6) is 0.110. The maximum atomic E-state index is 12.6. The average Bonchev–Trinajstić information content (AvgIpc) is 2.71. The van der Waals surface area contributed by atoms with E-state index in [0.717, 1.165) is 28.4 Å². The predicted molar refractivity (Wildman–Crippen MR) is 82.0 cm³/mol. The van der Waals surface area contributed by atoms with Crippen LogP contribution in [-0.4, -0.2) is 28.9 Å². The molecule has 1 amide bonds. The minimum absolute atomic E-state index is 0.00143. The lowest BCUT2D eigenvalue weighted by molar-refractivity contribution is 0.0727. The van der Waals surface area contributed by atoms with Crippen LogP contribution in [0.2, 0.25) is 0 Å². The fraction of sp³-hybridized carbons (Fsp3) is 0.733. The minimum Gasteiger partial charge on any atom is -0.338 e. The third-order valence-electron chi connectivity index (χ3n) is 3.44. The number of amides is 1. The molecule has 0 saturated heterocycles. The van der Waals surface area contributed by atoms with Crippen molar-refractivity contribution in [1.29, 1.82) is 0 Å². The zero-order chi connectivity index (χ0) is 14.8. The Morgan fingerprint density at radius 1 is 1.32 bits per heavy atom. The molecule has 1 rings (SSSR count). The van der Waals surface area contributed by atoms with Crippen LogP contribution in [0, 0.1) is 6.92 Å². The van der Waals surface area contributed by atoms with Crippen molar-refractivity contribution in [3.63, 3.8) is 0 Å². The molecule has 1 aromatic rings. The summed E-state index contributed by atoms with van der Waals surface area (Å²) in [6, 6.07) is 0.312. The largest absolute Gasteiger partial charge is 0.338 e. The summed E-state index contributed by atoms with van der Waals surface area (Å²) in [6.07, 6.45) is 1.98. The van der Waals surface area contributed by atoms with Crippen LogP contribution in [0.3, 0.4) is 0 Å². The number of nitrogens with zero attached hydrogens (tertiary/aromatic N) is 2. The lowest BCUT2D eigenvalue weighted by Crippen LogP contribution is -2.36. The van der Waals surface area contributed by atoms with Crippen molar-refractivity contribution in [2.24, 2.45) is 0 Å². The maximum Gasteiger partial charge on any atom is 0.265 e. The number of rotatable bonds is 4. The second-order valence-electron chi connectivity index (χ2n) is 6.07. The van der Waals surface area contributed by atoms with Gasteiger partial charge in [0.15, 0.2) is 0 Å². The van der Waals surface area contributed by atoms with Crippen molar-refractivity contribution < 1.29 is 4.79 Å². The summed E-state index contributed by atoms with van der Waals surface area (Å²) in [5, 5.41) is 1.03. The Balaban J connectivity index is 3.04. The molecule has 0 spiro atoms. The van der Waals surface area contributed by atoms with E-state index >= 15 is 0 Å². The van der Waals surface area contributed by atoms with Crippen LogP contribution in [-0.2, 0) is 5.41 Å². The van der Waals surface area contributed by atoms with E-state index in [9.17, 15) is 4.79 Å². The summed E-state index contributed by atoms with van der Waals surface area (Å²) >= 11 is 1.54. The average molecular weight is 282 g/mol. The molecule has 0 N–H and O–H groups in total. The molecule has 0 aliphatic rings. The molecule has 0 radical (unpaired) electrons. The monoisotopic (exact) mass is 282 g/mol. The van der Waals surface area contributed by atoms with Crippen LogP contribution in [0.5, 0.6) is 0 Å². The topological polar surface area (TPSA) is 33.2 Å². The van der Waals surface area contributed by atoms with Crippen LogP contribution in [0.1, 0.15) is 67.8 Å². The predicted octanol–water partition coefficient (Wildman–Crippen LogP) is 4.01. The molecular weight excluding hydrogens is 256 g/mol. The molecule has 0 saturated carbocycles. The van der Waals surface area contributed by atoms with Gasteiger partial charge in [0.1, 0.15) is 4.88 Å². The van der Waals surface area contributed by atoms with E-state index < -0.39 is 0 Å². The number of aryl methyl sites for hydroxylation is 1. The number of aromatic nitrogens is 1. The normalized spacial score (nSPS) is 12.0. The number of carbonyl (C=O) groups excluding carboxylic acids is 1. The van der Waals surface area contributed by atoms with E-state index in [-0.39, 0.29) is 11.3 Å². The van der Waals surface area contributed by atoms with Gasteiger partial charge in [-0.25, -0.2) is 4.98 Å². The molecular formula is C15H26N2OS. The summed E-state index contributed by atoms with van der Waals surface area (Å²) in [7, 11) is 1.90. The highest BCUT2D eigenvalue weighted by Crippen LogP contribution is 2.30. The van der Waals surface area contributed by atoms with Gasteiger partial charge in [0.25, 0.3) is 5.91 Å². The highest BCUT2D eigenvalue weighted by atomic mass is 32.1. The Bertz CT molecular complexity index is 441. The Hall–Kier alpha value is -0.900. The first-order valence-corrected chi connectivity index (χ1v) is 7.79. The fourth-order valence-electron chi connectivity index (χ4n) is 2.08. The van der Waals surface area contributed by atoms with Crippen molar-refractivity contribution in [3.05, 3.63) is 15.6 Å². The molecule has 0 aromatic carbocycles. The third-order valence-corrected chi connectivity index (χ3v) is 5.01. The minimum atomic E-state index is 0.00143. The third kappa shape index (κ3) is 3.56. The van der Waals surface area contributed by atoms with E-state index in [2.05, 4.69) is 39.6 Å². The first kappa shape index (κ1) is 16.2. The second kappa shape index (κ2) is 6.04. The molecule has 108 valence electrons. The summed E-state index contributed by atoms with van der Waals surface area (Å²) < 4.78 is 0. The van der Waals surface area contributed by atoms with Gasteiger partial charge >= 0.3 is 0 Å². The van der Waals surface area contributed by atoms with Crippen LogP contribution in [0.4, 0.5) is 0 Å². The maximum absolute atomic E-state index is 12.6. The number of carbonyl (C=O) groups is 1. The van der Waals surface area contributed by atoms with Crippen LogP contribution >= 0.6 is 11.3 Å². The van der Waals surface area contributed by atoms with Crippen LogP contribution < -0.4 is 0 Å². The Morgan fingerprint density at radius 2 is 1.84 bits per heavy atom. The van der Waals surface area contributed by atoms with E-state index in [4.69, 9.17) is 0 Å². The Kier molecular flexibility index (Phi) is 5.13. The number of hydrogen-bond donors (Lipinski definition) is 0. The lowest BCUT2D eigenvalue weighted by Gasteiger charge is -2.25. The van der Waals surface area contributed by atoms with Crippen molar-refractivity contribution in [2.75, 3.05) is 7.05 Å². The Morgan fingerprint density at radius 3 is 2.21 bits per heavy atom. The molecule has 0 fully saturated rings. The Labute approximate surface area is 121 Å². The van der Waals surface area contributed by atoms with Gasteiger partial charge in [-0.05, 0) is 19.8 Å². The van der Waals surface area contributed by atoms with E-state index in [0.29, 0.717) is 6.04 Å². The summed E-state index contributed by atoms with van der Waals surface area (Å²) in [5.41, 5.74) is 0.860. The molecule has 0 aliphatic carbocycles. The van der Waals surface area contributed by atoms with Crippen molar-refractivity contribution in [2.45, 2.75) is 65.8 Å². The van der Waals surface area contributed by atoms with E-state index in [1.165, 1.54) is 11.3 Å². The lowest BCUT2D eigenvalue weighted by atomic mass is 9.98. The smallest absolute Gasteiger partial charge is 0.265 e. The zero-order valence-corrected chi connectivity index (χ0v) is 14.0. The molecule has 4 heteroatoms. The van der Waals surface area contributed by atoms with E-state index in [1.807, 2.05) is 18.9 Å². The van der Waals surface area contributed by atoms with Crippen molar-refractivity contribution >= 4 is 17.2 Å². The second-order valence-corrected chi connectivity index (χ2v) is 7.07. The molecule has 0 bridgehead atoms. The molecule has 19 heavy (non-hydrogen) atoms. The van der Waals surface area contributed by atoms with Gasteiger partial charge in [0.2, 0.25) is 0 Å².